The predicted molar refractivity (Wildman–Crippen MR) is 176 cm³/mol. The average molecular weight is 574 g/mol. The molecule has 3 N–H and O–H groups in total. The van der Waals surface area contributed by atoms with E-state index in [4.69, 9.17) is 0 Å². The highest BCUT2D eigenvalue weighted by Crippen LogP contribution is 2.20. The smallest absolute Gasteiger partial charge is 0.220 e. The van der Waals surface area contributed by atoms with Crippen molar-refractivity contribution in [3.8, 4) is 0 Å². The van der Waals surface area contributed by atoms with Crippen molar-refractivity contribution >= 4 is 5.91 Å². The first kappa shape index (κ1) is 37.6. The SMILES string of the molecule is CCCCCCCCCCCCCCCC(=O)N[C@@H](CO)[C@H](O)c1cccc(CCCCCCCCCCCC)c1. The second kappa shape index (κ2) is 27.4. The Hall–Kier alpha value is -1.39. The standard InChI is InChI=1S/C37H67NO3/c1-3-5-7-9-11-13-15-16-17-19-21-23-25-30-36(40)38-35(32-39)37(41)34-29-26-28-33(31-34)27-24-22-20-18-14-12-10-8-6-4-2/h26,28-29,31,35,37,39,41H,3-25,27,30,32H2,1-2H3,(H,38,40)/t35-,37+/m0/s1. The van der Waals surface area contributed by atoms with Gasteiger partial charge in [-0.1, -0.05) is 173 Å². The van der Waals surface area contributed by atoms with E-state index in [1.54, 1.807) is 0 Å². The minimum Gasteiger partial charge on any atom is -0.394 e. The molecular weight excluding hydrogens is 506 g/mol. The zero-order valence-corrected chi connectivity index (χ0v) is 27.2. The van der Waals surface area contributed by atoms with Crippen molar-refractivity contribution in [2.75, 3.05) is 6.61 Å². The number of aryl methyl sites for hydroxylation is 1. The molecule has 0 fully saturated rings. The quantitative estimate of drug-likeness (QED) is 0.0835. The van der Waals surface area contributed by atoms with Crippen molar-refractivity contribution in [1.29, 1.82) is 0 Å². The lowest BCUT2D eigenvalue weighted by Crippen LogP contribution is -2.41. The molecule has 0 radical (unpaired) electrons. The monoisotopic (exact) mass is 574 g/mol. The zero-order valence-electron chi connectivity index (χ0n) is 27.2. The number of hydrogen-bond donors (Lipinski definition) is 3. The summed E-state index contributed by atoms with van der Waals surface area (Å²) in [5, 5.41) is 23.7. The number of amides is 1. The maximum atomic E-state index is 12.5. The van der Waals surface area contributed by atoms with Crippen LogP contribution in [0, 0.1) is 0 Å². The molecule has 1 rings (SSSR count). The summed E-state index contributed by atoms with van der Waals surface area (Å²) in [7, 11) is 0. The maximum absolute atomic E-state index is 12.5. The molecule has 1 aromatic carbocycles. The first-order valence-corrected chi connectivity index (χ1v) is 17.8. The lowest BCUT2D eigenvalue weighted by molar-refractivity contribution is -0.123. The Bertz CT molecular complexity index is 722. The van der Waals surface area contributed by atoms with Crippen LogP contribution in [-0.4, -0.2) is 28.8 Å². The van der Waals surface area contributed by atoms with Gasteiger partial charge in [0.15, 0.2) is 0 Å². The number of aliphatic hydroxyl groups excluding tert-OH is 2. The average Bonchev–Trinajstić information content (AvgIpc) is 2.99. The van der Waals surface area contributed by atoms with Crippen molar-refractivity contribution in [2.45, 2.75) is 187 Å². The third kappa shape index (κ3) is 21.0. The molecule has 0 saturated carbocycles. The third-order valence-corrected chi connectivity index (χ3v) is 8.54. The van der Waals surface area contributed by atoms with Crippen LogP contribution in [0.1, 0.15) is 185 Å². The van der Waals surface area contributed by atoms with E-state index in [-0.39, 0.29) is 12.5 Å². The highest BCUT2D eigenvalue weighted by molar-refractivity contribution is 5.76. The summed E-state index contributed by atoms with van der Waals surface area (Å²) in [6, 6.07) is 7.37. The molecule has 0 saturated heterocycles. The van der Waals surface area contributed by atoms with Gasteiger partial charge in [-0.2, -0.15) is 0 Å². The molecule has 4 nitrogen and oxygen atoms in total. The molecular formula is C37H67NO3. The van der Waals surface area contributed by atoms with Crippen LogP contribution >= 0.6 is 0 Å². The van der Waals surface area contributed by atoms with Gasteiger partial charge in [-0.25, -0.2) is 0 Å². The second-order valence-corrected chi connectivity index (χ2v) is 12.5. The van der Waals surface area contributed by atoms with E-state index in [0.717, 1.165) is 31.2 Å². The van der Waals surface area contributed by atoms with E-state index >= 15 is 0 Å². The fraction of sp³-hybridized carbons (Fsp3) is 0.811. The van der Waals surface area contributed by atoms with Crippen molar-refractivity contribution in [3.63, 3.8) is 0 Å². The molecule has 0 unspecified atom stereocenters. The molecule has 1 amide bonds. The molecule has 2 atom stereocenters. The largest absolute Gasteiger partial charge is 0.394 e. The van der Waals surface area contributed by atoms with Crippen LogP contribution in [0.4, 0.5) is 0 Å². The molecule has 0 aliphatic heterocycles. The van der Waals surface area contributed by atoms with Gasteiger partial charge >= 0.3 is 0 Å². The van der Waals surface area contributed by atoms with Gasteiger partial charge in [0, 0.05) is 6.42 Å². The van der Waals surface area contributed by atoms with E-state index in [0.29, 0.717) is 6.42 Å². The molecule has 4 heteroatoms. The summed E-state index contributed by atoms with van der Waals surface area (Å²) in [6.45, 7) is 4.26. The number of unbranched alkanes of at least 4 members (excludes halogenated alkanes) is 21. The number of benzene rings is 1. The van der Waals surface area contributed by atoms with Crippen LogP contribution in [0.5, 0.6) is 0 Å². The van der Waals surface area contributed by atoms with Gasteiger partial charge in [0.1, 0.15) is 6.10 Å². The highest BCUT2D eigenvalue weighted by Gasteiger charge is 2.22. The third-order valence-electron chi connectivity index (χ3n) is 8.54. The molecule has 0 heterocycles. The minimum absolute atomic E-state index is 0.0762. The van der Waals surface area contributed by atoms with Gasteiger partial charge in [0.2, 0.25) is 5.91 Å². The van der Waals surface area contributed by atoms with Crippen LogP contribution in [0.15, 0.2) is 24.3 Å². The lowest BCUT2D eigenvalue weighted by Gasteiger charge is -2.23. The lowest BCUT2D eigenvalue weighted by atomic mass is 9.97. The number of carbonyl (C=O) groups excluding carboxylic acids is 1. The Balaban J connectivity index is 2.17. The normalized spacial score (nSPS) is 12.9. The first-order chi connectivity index (χ1) is 20.1. The Morgan fingerprint density at radius 3 is 1.56 bits per heavy atom. The van der Waals surface area contributed by atoms with Crippen LogP contribution in [-0.2, 0) is 11.2 Å². The van der Waals surface area contributed by atoms with Gasteiger partial charge in [-0.15, -0.1) is 0 Å². The molecule has 0 spiro atoms. The van der Waals surface area contributed by atoms with E-state index in [1.165, 1.54) is 134 Å². The van der Waals surface area contributed by atoms with Crippen molar-refractivity contribution < 1.29 is 15.0 Å². The maximum Gasteiger partial charge on any atom is 0.220 e. The molecule has 41 heavy (non-hydrogen) atoms. The first-order valence-electron chi connectivity index (χ1n) is 17.8. The van der Waals surface area contributed by atoms with E-state index < -0.39 is 12.1 Å². The number of hydrogen-bond acceptors (Lipinski definition) is 3. The Morgan fingerprint density at radius 1 is 0.659 bits per heavy atom. The van der Waals surface area contributed by atoms with Crippen LogP contribution in [0.3, 0.4) is 0 Å². The molecule has 0 bridgehead atoms. The van der Waals surface area contributed by atoms with Crippen LogP contribution in [0.25, 0.3) is 0 Å². The summed E-state index contributed by atoms with van der Waals surface area (Å²) in [6.07, 6.45) is 30.5. The zero-order chi connectivity index (χ0) is 29.8. The second-order valence-electron chi connectivity index (χ2n) is 12.5. The van der Waals surface area contributed by atoms with Gasteiger partial charge in [0.25, 0.3) is 0 Å². The van der Waals surface area contributed by atoms with E-state index in [9.17, 15) is 15.0 Å². The highest BCUT2D eigenvalue weighted by atomic mass is 16.3. The summed E-state index contributed by atoms with van der Waals surface area (Å²) < 4.78 is 0. The number of aliphatic hydroxyl groups is 2. The minimum atomic E-state index is -0.900. The summed E-state index contributed by atoms with van der Waals surface area (Å²) >= 11 is 0. The van der Waals surface area contributed by atoms with Gasteiger partial charge in [-0.3, -0.25) is 4.79 Å². The van der Waals surface area contributed by atoms with Crippen LogP contribution in [0.2, 0.25) is 0 Å². The topological polar surface area (TPSA) is 69.6 Å². The predicted octanol–water partition coefficient (Wildman–Crippen LogP) is 10.1. The molecule has 0 aliphatic rings. The van der Waals surface area contributed by atoms with Crippen molar-refractivity contribution in [2.24, 2.45) is 0 Å². The van der Waals surface area contributed by atoms with E-state index in [1.807, 2.05) is 18.2 Å². The molecule has 0 aliphatic carbocycles. The fourth-order valence-electron chi connectivity index (χ4n) is 5.79. The number of rotatable bonds is 29. The Labute approximate surface area is 254 Å². The van der Waals surface area contributed by atoms with Gasteiger partial charge < -0.3 is 15.5 Å². The molecule has 238 valence electrons. The van der Waals surface area contributed by atoms with E-state index in [2.05, 4.69) is 25.2 Å². The Kier molecular flexibility index (Phi) is 25.2. The Morgan fingerprint density at radius 2 is 1.10 bits per heavy atom. The number of carbonyl (C=O) groups is 1. The van der Waals surface area contributed by atoms with Crippen molar-refractivity contribution in [3.05, 3.63) is 35.4 Å². The summed E-state index contributed by atoms with van der Waals surface area (Å²) in [5.74, 6) is -0.0762. The van der Waals surface area contributed by atoms with Gasteiger partial charge in [-0.05, 0) is 30.4 Å². The van der Waals surface area contributed by atoms with Gasteiger partial charge in [0.05, 0.1) is 12.6 Å². The van der Waals surface area contributed by atoms with Crippen LogP contribution < -0.4 is 5.32 Å². The molecule has 1 aromatic rings. The fourth-order valence-corrected chi connectivity index (χ4v) is 5.79. The number of nitrogens with one attached hydrogen (secondary N) is 1. The summed E-state index contributed by atoms with van der Waals surface area (Å²) in [4.78, 5) is 12.5. The van der Waals surface area contributed by atoms with Crippen molar-refractivity contribution in [1.82, 2.24) is 5.32 Å². The molecule has 0 aromatic heterocycles. The summed E-state index contributed by atoms with van der Waals surface area (Å²) in [5.41, 5.74) is 1.99.